The molecule has 0 aliphatic carbocycles. The standard InChI is InChI=1S/C13H11ClN2O3/c1-18-13(17)9-6-8(15)7-16-12(9)19-11-5-3-2-4-10(11)14/h2-7H,15H2,1H3. The van der Waals surface area contributed by atoms with Crippen molar-refractivity contribution in [3.8, 4) is 11.6 Å². The van der Waals surface area contributed by atoms with Crippen molar-refractivity contribution in [2.75, 3.05) is 12.8 Å². The molecule has 1 heterocycles. The Hall–Kier alpha value is -2.27. The average molecular weight is 279 g/mol. The van der Waals surface area contributed by atoms with Crippen molar-refractivity contribution in [3.63, 3.8) is 0 Å². The Kier molecular flexibility index (Phi) is 3.87. The van der Waals surface area contributed by atoms with E-state index < -0.39 is 5.97 Å². The fraction of sp³-hybridized carbons (Fsp3) is 0.0769. The first-order chi connectivity index (χ1) is 9.11. The van der Waals surface area contributed by atoms with E-state index in [-0.39, 0.29) is 11.4 Å². The van der Waals surface area contributed by atoms with E-state index in [9.17, 15) is 4.79 Å². The van der Waals surface area contributed by atoms with Crippen molar-refractivity contribution in [2.45, 2.75) is 0 Å². The van der Waals surface area contributed by atoms with Gasteiger partial charge in [-0.2, -0.15) is 0 Å². The van der Waals surface area contributed by atoms with E-state index in [0.717, 1.165) is 0 Å². The lowest BCUT2D eigenvalue weighted by Gasteiger charge is -2.10. The Morgan fingerprint density at radius 2 is 2.11 bits per heavy atom. The molecule has 2 rings (SSSR count). The Morgan fingerprint density at radius 3 is 2.79 bits per heavy atom. The molecule has 2 aromatic rings. The van der Waals surface area contributed by atoms with Gasteiger partial charge in [-0.15, -0.1) is 0 Å². The van der Waals surface area contributed by atoms with Crippen LogP contribution in [0.4, 0.5) is 5.69 Å². The van der Waals surface area contributed by atoms with E-state index in [2.05, 4.69) is 9.72 Å². The molecule has 0 bridgehead atoms. The predicted octanol–water partition coefficient (Wildman–Crippen LogP) is 2.90. The summed E-state index contributed by atoms with van der Waals surface area (Å²) in [5.41, 5.74) is 6.07. The number of aromatic nitrogens is 1. The summed E-state index contributed by atoms with van der Waals surface area (Å²) < 4.78 is 10.2. The Labute approximate surface area is 114 Å². The van der Waals surface area contributed by atoms with Crippen LogP contribution in [0.5, 0.6) is 11.6 Å². The third-order valence-corrected chi connectivity index (χ3v) is 2.63. The molecule has 2 N–H and O–H groups in total. The minimum absolute atomic E-state index is 0.0918. The first kappa shape index (κ1) is 13.2. The molecule has 5 nitrogen and oxygen atoms in total. The number of esters is 1. The topological polar surface area (TPSA) is 74.4 Å². The number of carbonyl (C=O) groups excluding carboxylic acids is 1. The number of nitrogens with two attached hydrogens (primary N) is 1. The minimum Gasteiger partial charge on any atom is -0.465 e. The third kappa shape index (κ3) is 2.95. The molecule has 0 atom stereocenters. The van der Waals surface area contributed by atoms with Gasteiger partial charge in [0.1, 0.15) is 11.3 Å². The Morgan fingerprint density at radius 1 is 1.37 bits per heavy atom. The zero-order valence-electron chi connectivity index (χ0n) is 10.1. The largest absolute Gasteiger partial charge is 0.465 e. The van der Waals surface area contributed by atoms with Gasteiger partial charge in [-0.3, -0.25) is 0 Å². The maximum atomic E-state index is 11.6. The number of carbonyl (C=O) groups is 1. The van der Waals surface area contributed by atoms with Crippen molar-refractivity contribution >= 4 is 23.3 Å². The maximum Gasteiger partial charge on any atom is 0.343 e. The third-order valence-electron chi connectivity index (χ3n) is 2.32. The van der Waals surface area contributed by atoms with Crippen LogP contribution in [-0.4, -0.2) is 18.1 Å². The highest BCUT2D eigenvalue weighted by Gasteiger charge is 2.16. The summed E-state index contributed by atoms with van der Waals surface area (Å²) >= 11 is 5.98. The van der Waals surface area contributed by atoms with E-state index in [1.807, 2.05) is 0 Å². The highest BCUT2D eigenvalue weighted by Crippen LogP contribution is 2.30. The lowest BCUT2D eigenvalue weighted by molar-refractivity contribution is 0.0597. The molecular formula is C13H11ClN2O3. The van der Waals surface area contributed by atoms with Gasteiger partial charge < -0.3 is 15.2 Å². The second kappa shape index (κ2) is 5.58. The van der Waals surface area contributed by atoms with Crippen LogP contribution in [-0.2, 0) is 4.74 Å². The number of para-hydroxylation sites is 1. The van der Waals surface area contributed by atoms with Gasteiger partial charge in [0.15, 0.2) is 0 Å². The highest BCUT2D eigenvalue weighted by molar-refractivity contribution is 6.32. The SMILES string of the molecule is COC(=O)c1cc(N)cnc1Oc1ccccc1Cl. The van der Waals surface area contributed by atoms with Gasteiger partial charge in [0.05, 0.1) is 24.0 Å². The number of anilines is 1. The number of ether oxygens (including phenoxy) is 2. The number of hydrogen-bond acceptors (Lipinski definition) is 5. The highest BCUT2D eigenvalue weighted by atomic mass is 35.5. The predicted molar refractivity (Wildman–Crippen MR) is 71.5 cm³/mol. The van der Waals surface area contributed by atoms with Gasteiger partial charge in [0, 0.05) is 0 Å². The summed E-state index contributed by atoms with van der Waals surface area (Å²) in [6.45, 7) is 0. The van der Waals surface area contributed by atoms with Gasteiger partial charge >= 0.3 is 5.97 Å². The summed E-state index contributed by atoms with van der Waals surface area (Å²) in [6, 6.07) is 8.31. The first-order valence-electron chi connectivity index (χ1n) is 5.38. The molecular weight excluding hydrogens is 268 g/mol. The minimum atomic E-state index is -0.582. The van der Waals surface area contributed by atoms with Crippen molar-refractivity contribution < 1.29 is 14.3 Å². The van der Waals surface area contributed by atoms with Crippen LogP contribution >= 0.6 is 11.6 Å². The fourth-order valence-corrected chi connectivity index (χ4v) is 1.61. The summed E-state index contributed by atoms with van der Waals surface area (Å²) in [5, 5.41) is 0.414. The lowest BCUT2D eigenvalue weighted by atomic mass is 10.2. The molecule has 6 heteroatoms. The number of methoxy groups -OCH3 is 1. The van der Waals surface area contributed by atoms with Crippen molar-refractivity contribution in [1.29, 1.82) is 0 Å². The molecule has 0 amide bonds. The molecule has 1 aromatic heterocycles. The molecule has 1 aromatic carbocycles. The number of halogens is 1. The molecule has 98 valence electrons. The van der Waals surface area contributed by atoms with Gasteiger partial charge in [-0.25, -0.2) is 9.78 Å². The van der Waals surface area contributed by atoms with E-state index in [1.54, 1.807) is 24.3 Å². The van der Waals surface area contributed by atoms with Crippen LogP contribution < -0.4 is 10.5 Å². The summed E-state index contributed by atoms with van der Waals surface area (Å²) in [7, 11) is 1.27. The second-order valence-corrected chi connectivity index (χ2v) is 4.05. The number of rotatable bonds is 3. The number of nitrogens with zero attached hydrogens (tertiary/aromatic N) is 1. The van der Waals surface area contributed by atoms with Crippen LogP contribution in [0.15, 0.2) is 36.5 Å². The molecule has 0 fully saturated rings. The van der Waals surface area contributed by atoms with Crippen LogP contribution in [0.2, 0.25) is 5.02 Å². The monoisotopic (exact) mass is 278 g/mol. The molecule has 19 heavy (non-hydrogen) atoms. The number of nitrogen functional groups attached to an aromatic ring is 1. The van der Waals surface area contributed by atoms with E-state index >= 15 is 0 Å². The van der Waals surface area contributed by atoms with Gasteiger partial charge in [-0.1, -0.05) is 23.7 Å². The number of benzene rings is 1. The van der Waals surface area contributed by atoms with E-state index in [0.29, 0.717) is 16.5 Å². The molecule has 0 unspecified atom stereocenters. The molecule has 0 saturated heterocycles. The average Bonchev–Trinajstić information content (AvgIpc) is 2.42. The van der Waals surface area contributed by atoms with Crippen molar-refractivity contribution in [3.05, 3.63) is 47.1 Å². The van der Waals surface area contributed by atoms with Crippen LogP contribution in [0.25, 0.3) is 0 Å². The zero-order chi connectivity index (χ0) is 13.8. The van der Waals surface area contributed by atoms with E-state index in [1.165, 1.54) is 19.4 Å². The Balaban J connectivity index is 2.40. The summed E-state index contributed by atoms with van der Waals surface area (Å²) in [4.78, 5) is 15.6. The number of hydrogen-bond donors (Lipinski definition) is 1. The molecule has 0 saturated carbocycles. The maximum absolute atomic E-state index is 11.6. The quantitative estimate of drug-likeness (QED) is 0.874. The van der Waals surface area contributed by atoms with Gasteiger partial charge in [0.2, 0.25) is 5.88 Å². The van der Waals surface area contributed by atoms with Crippen LogP contribution in [0, 0.1) is 0 Å². The Bertz CT molecular complexity index is 617. The van der Waals surface area contributed by atoms with Crippen LogP contribution in [0.1, 0.15) is 10.4 Å². The molecule has 0 radical (unpaired) electrons. The first-order valence-corrected chi connectivity index (χ1v) is 5.76. The second-order valence-electron chi connectivity index (χ2n) is 3.65. The van der Waals surface area contributed by atoms with Gasteiger partial charge in [-0.05, 0) is 18.2 Å². The van der Waals surface area contributed by atoms with Crippen LogP contribution in [0.3, 0.4) is 0 Å². The van der Waals surface area contributed by atoms with Crippen molar-refractivity contribution in [2.24, 2.45) is 0 Å². The van der Waals surface area contributed by atoms with Crippen molar-refractivity contribution in [1.82, 2.24) is 4.98 Å². The van der Waals surface area contributed by atoms with E-state index in [4.69, 9.17) is 22.1 Å². The molecule has 0 spiro atoms. The number of pyridine rings is 1. The zero-order valence-corrected chi connectivity index (χ0v) is 10.8. The fourth-order valence-electron chi connectivity index (χ4n) is 1.44. The normalized spacial score (nSPS) is 10.0. The lowest BCUT2D eigenvalue weighted by Crippen LogP contribution is -2.06. The van der Waals surface area contributed by atoms with Gasteiger partial charge in [0.25, 0.3) is 0 Å². The smallest absolute Gasteiger partial charge is 0.343 e. The summed E-state index contributed by atoms with van der Waals surface area (Å²) in [5.74, 6) is -0.0948. The summed E-state index contributed by atoms with van der Waals surface area (Å²) in [6.07, 6.45) is 1.39. The molecule has 0 aliphatic rings. The molecule has 0 aliphatic heterocycles.